The number of aryl methyl sites for hydroxylation is 2. The third-order valence-electron chi connectivity index (χ3n) is 7.44. The molecule has 3 aromatic rings. The lowest BCUT2D eigenvalue weighted by molar-refractivity contribution is -0.141. The number of methoxy groups -OCH3 is 1. The maximum absolute atomic E-state index is 12.2. The lowest BCUT2D eigenvalue weighted by Gasteiger charge is -2.39. The molecule has 222 valence electrons. The second-order valence-corrected chi connectivity index (χ2v) is 12.0. The fraction of sp³-hybridized carbons (Fsp3) is 0.412. The zero-order chi connectivity index (χ0) is 30.0. The summed E-state index contributed by atoms with van der Waals surface area (Å²) in [6.07, 6.45) is -0.0517. The van der Waals surface area contributed by atoms with Gasteiger partial charge in [0.1, 0.15) is 35.6 Å². The van der Waals surface area contributed by atoms with E-state index < -0.39 is 5.60 Å². The van der Waals surface area contributed by atoms with E-state index in [1.165, 1.54) is 7.11 Å². The zero-order valence-corrected chi connectivity index (χ0v) is 25.2. The number of rotatable bonds is 8. The van der Waals surface area contributed by atoms with Gasteiger partial charge in [0.25, 0.3) is 0 Å². The minimum Gasteiger partial charge on any atom is -0.492 e. The largest absolute Gasteiger partial charge is 0.492 e. The van der Waals surface area contributed by atoms with Crippen molar-refractivity contribution in [1.82, 2.24) is 4.90 Å². The van der Waals surface area contributed by atoms with Crippen LogP contribution in [0.5, 0.6) is 17.2 Å². The molecule has 1 amide bonds. The normalized spacial score (nSPS) is 16.2. The summed E-state index contributed by atoms with van der Waals surface area (Å²) in [5.74, 6) is 2.03. The molecular formula is C34H39NO7. The number of esters is 1. The Hall–Kier alpha value is -4.20. The summed E-state index contributed by atoms with van der Waals surface area (Å²) < 4.78 is 28.3. The van der Waals surface area contributed by atoms with Gasteiger partial charge in [-0.3, -0.25) is 4.79 Å². The molecule has 1 saturated heterocycles. The average molecular weight is 574 g/mol. The molecule has 1 atom stereocenters. The number of carbonyl (C=O) groups is 2. The van der Waals surface area contributed by atoms with Gasteiger partial charge in [-0.1, -0.05) is 24.3 Å². The second kappa shape index (κ2) is 12.0. The van der Waals surface area contributed by atoms with Gasteiger partial charge in [-0.15, -0.1) is 0 Å². The van der Waals surface area contributed by atoms with Crippen LogP contribution >= 0.6 is 0 Å². The highest BCUT2D eigenvalue weighted by Crippen LogP contribution is 2.39. The summed E-state index contributed by atoms with van der Waals surface area (Å²) in [7, 11) is 1.40. The maximum atomic E-state index is 12.2. The Balaban J connectivity index is 1.20. The van der Waals surface area contributed by atoms with Crippen molar-refractivity contribution in [2.45, 2.75) is 65.3 Å². The van der Waals surface area contributed by atoms with Crippen molar-refractivity contribution < 1.29 is 33.3 Å². The standard InChI is InChI=1S/C34H39NO7/c1-21-12-27(41-28-17-35(18-28)33(37)42-34(3,4)5)13-22(2)32(21)24-9-7-8-23(14-24)19-39-26-10-11-29-25(15-31(36)38-6)20-40-30(29)16-26/h7-14,16,25,28H,15,17-20H2,1-6H3. The fourth-order valence-electron chi connectivity index (χ4n) is 5.41. The Bertz CT molecular complexity index is 1450. The van der Waals surface area contributed by atoms with Crippen LogP contribution in [0.2, 0.25) is 0 Å². The predicted molar refractivity (Wildman–Crippen MR) is 159 cm³/mol. The Morgan fingerprint density at radius 3 is 2.40 bits per heavy atom. The van der Waals surface area contributed by atoms with Gasteiger partial charge in [-0.05, 0) is 86.7 Å². The lowest BCUT2D eigenvalue weighted by atomic mass is 9.94. The molecule has 42 heavy (non-hydrogen) atoms. The zero-order valence-electron chi connectivity index (χ0n) is 25.2. The quantitative estimate of drug-likeness (QED) is 0.281. The third kappa shape index (κ3) is 6.81. The van der Waals surface area contributed by atoms with Crippen LogP contribution in [0.3, 0.4) is 0 Å². The number of fused-ring (bicyclic) bond motifs is 1. The Kier molecular flexibility index (Phi) is 8.34. The van der Waals surface area contributed by atoms with Crippen molar-refractivity contribution in [2.24, 2.45) is 0 Å². The first kappa shape index (κ1) is 29.3. The number of benzene rings is 3. The van der Waals surface area contributed by atoms with Crippen molar-refractivity contribution in [3.05, 3.63) is 76.9 Å². The molecule has 1 fully saturated rings. The van der Waals surface area contributed by atoms with Gasteiger partial charge in [-0.2, -0.15) is 0 Å². The smallest absolute Gasteiger partial charge is 0.410 e. The average Bonchev–Trinajstić information content (AvgIpc) is 3.29. The highest BCUT2D eigenvalue weighted by atomic mass is 16.6. The number of hydrogen-bond acceptors (Lipinski definition) is 7. The molecule has 0 aliphatic carbocycles. The van der Waals surface area contributed by atoms with Gasteiger partial charge in [0.2, 0.25) is 0 Å². The molecule has 1 unspecified atom stereocenters. The number of ether oxygens (including phenoxy) is 5. The number of hydrogen-bond donors (Lipinski definition) is 0. The third-order valence-corrected chi connectivity index (χ3v) is 7.44. The minimum atomic E-state index is -0.509. The van der Waals surface area contributed by atoms with Crippen LogP contribution < -0.4 is 14.2 Å². The maximum Gasteiger partial charge on any atom is 0.410 e. The molecule has 0 aromatic heterocycles. The molecule has 2 heterocycles. The fourth-order valence-corrected chi connectivity index (χ4v) is 5.41. The van der Waals surface area contributed by atoms with E-state index in [0.717, 1.165) is 44.9 Å². The van der Waals surface area contributed by atoms with Crippen molar-refractivity contribution in [3.8, 4) is 28.4 Å². The van der Waals surface area contributed by atoms with Crippen molar-refractivity contribution in [3.63, 3.8) is 0 Å². The molecule has 2 aliphatic rings. The van der Waals surface area contributed by atoms with Crippen LogP contribution in [0.25, 0.3) is 11.1 Å². The number of nitrogens with zero attached hydrogens (tertiary/aromatic N) is 1. The lowest BCUT2D eigenvalue weighted by Crippen LogP contribution is -2.57. The van der Waals surface area contributed by atoms with Gasteiger partial charge in [0, 0.05) is 17.5 Å². The van der Waals surface area contributed by atoms with Crippen LogP contribution in [0, 0.1) is 13.8 Å². The first-order valence-corrected chi connectivity index (χ1v) is 14.3. The summed E-state index contributed by atoms with van der Waals surface area (Å²) in [6, 6.07) is 18.2. The van der Waals surface area contributed by atoms with E-state index in [1.54, 1.807) is 4.90 Å². The monoisotopic (exact) mass is 573 g/mol. The van der Waals surface area contributed by atoms with Crippen LogP contribution in [-0.4, -0.2) is 55.5 Å². The second-order valence-electron chi connectivity index (χ2n) is 12.0. The SMILES string of the molecule is COC(=O)CC1COc2cc(OCc3cccc(-c4c(C)cc(OC5CN(C(=O)OC(C)(C)C)C5)cc4C)c3)ccc21. The minimum absolute atomic E-state index is 0.00194. The molecule has 3 aromatic carbocycles. The van der Waals surface area contributed by atoms with Gasteiger partial charge < -0.3 is 28.6 Å². The summed E-state index contributed by atoms with van der Waals surface area (Å²) in [5.41, 5.74) is 6.05. The van der Waals surface area contributed by atoms with Gasteiger partial charge in [0.05, 0.1) is 33.2 Å². The van der Waals surface area contributed by atoms with E-state index in [1.807, 2.05) is 45.0 Å². The van der Waals surface area contributed by atoms with Gasteiger partial charge >= 0.3 is 12.1 Å². The van der Waals surface area contributed by atoms with Crippen molar-refractivity contribution >= 4 is 12.1 Å². The molecule has 0 radical (unpaired) electrons. The topological polar surface area (TPSA) is 83.5 Å². The van der Waals surface area contributed by atoms with Crippen LogP contribution in [-0.2, 0) is 20.9 Å². The molecule has 5 rings (SSSR count). The van der Waals surface area contributed by atoms with E-state index in [0.29, 0.717) is 38.5 Å². The highest BCUT2D eigenvalue weighted by Gasteiger charge is 2.35. The first-order chi connectivity index (χ1) is 20.0. The van der Waals surface area contributed by atoms with Crippen molar-refractivity contribution in [2.75, 3.05) is 26.8 Å². The van der Waals surface area contributed by atoms with Gasteiger partial charge in [0.15, 0.2) is 0 Å². The summed E-state index contributed by atoms with van der Waals surface area (Å²) >= 11 is 0. The summed E-state index contributed by atoms with van der Waals surface area (Å²) in [6.45, 7) is 11.7. The van der Waals surface area contributed by atoms with Crippen LogP contribution in [0.15, 0.2) is 54.6 Å². The Morgan fingerprint density at radius 1 is 0.976 bits per heavy atom. The van der Waals surface area contributed by atoms with Gasteiger partial charge in [-0.25, -0.2) is 4.79 Å². The molecule has 2 aliphatic heterocycles. The number of carbonyl (C=O) groups excluding carboxylic acids is 2. The molecule has 0 N–H and O–H groups in total. The molecule has 8 heteroatoms. The Morgan fingerprint density at radius 2 is 1.71 bits per heavy atom. The molecular weight excluding hydrogens is 534 g/mol. The number of likely N-dealkylation sites (tertiary alicyclic amines) is 1. The summed E-state index contributed by atoms with van der Waals surface area (Å²) in [5, 5.41) is 0. The van der Waals surface area contributed by atoms with Crippen molar-refractivity contribution in [1.29, 1.82) is 0 Å². The molecule has 8 nitrogen and oxygen atoms in total. The highest BCUT2D eigenvalue weighted by molar-refractivity contribution is 5.73. The van der Waals surface area contributed by atoms with E-state index >= 15 is 0 Å². The van der Waals surface area contributed by atoms with E-state index in [9.17, 15) is 9.59 Å². The van der Waals surface area contributed by atoms with E-state index in [4.69, 9.17) is 23.7 Å². The van der Waals surface area contributed by atoms with E-state index in [-0.39, 0.29) is 24.1 Å². The molecule has 0 bridgehead atoms. The Labute approximate surface area is 247 Å². The number of amides is 1. The molecule has 0 spiro atoms. The first-order valence-electron chi connectivity index (χ1n) is 14.3. The molecule has 0 saturated carbocycles. The summed E-state index contributed by atoms with van der Waals surface area (Å²) in [4.78, 5) is 25.6. The predicted octanol–water partition coefficient (Wildman–Crippen LogP) is 6.59. The van der Waals surface area contributed by atoms with E-state index in [2.05, 4.69) is 44.2 Å². The van der Waals surface area contributed by atoms with Crippen LogP contribution in [0.1, 0.15) is 55.4 Å². The van der Waals surface area contributed by atoms with Crippen LogP contribution in [0.4, 0.5) is 4.79 Å².